The van der Waals surface area contributed by atoms with Crippen LogP contribution in [0.25, 0.3) is 27.8 Å². The van der Waals surface area contributed by atoms with Crippen LogP contribution in [0.2, 0.25) is 0 Å². The van der Waals surface area contributed by atoms with Gasteiger partial charge in [-0.3, -0.25) is 4.79 Å². The zero-order chi connectivity index (χ0) is 27.5. The van der Waals surface area contributed by atoms with Crippen molar-refractivity contribution in [3.63, 3.8) is 0 Å². The largest absolute Gasteiger partial charge is 0.494 e. The average molecular weight is 527 g/mol. The summed E-state index contributed by atoms with van der Waals surface area (Å²) in [5.41, 5.74) is 4.58. The summed E-state index contributed by atoms with van der Waals surface area (Å²) in [6.07, 6.45) is 6.76. The highest BCUT2D eigenvalue weighted by atomic mass is 16.5. The van der Waals surface area contributed by atoms with Gasteiger partial charge >= 0.3 is 0 Å². The highest BCUT2D eigenvalue weighted by Gasteiger charge is 2.16. The maximum Gasteiger partial charge on any atom is 0.247 e. The van der Waals surface area contributed by atoms with E-state index in [0.29, 0.717) is 42.0 Å². The predicted molar refractivity (Wildman–Crippen MR) is 152 cm³/mol. The molecule has 0 radical (unpaired) electrons. The number of ether oxygens (including phenoxy) is 2. The first-order valence-electron chi connectivity index (χ1n) is 12.3. The van der Waals surface area contributed by atoms with Crippen molar-refractivity contribution in [3.8, 4) is 22.8 Å². The average Bonchev–Trinajstić information content (AvgIpc) is 3.52. The van der Waals surface area contributed by atoms with E-state index in [-0.39, 0.29) is 5.91 Å². The number of pyridine rings is 1. The zero-order valence-corrected chi connectivity index (χ0v) is 22.3. The molecule has 1 aromatic carbocycles. The van der Waals surface area contributed by atoms with Crippen molar-refractivity contribution in [2.75, 3.05) is 45.0 Å². The summed E-state index contributed by atoms with van der Waals surface area (Å²) in [5, 5.41) is 11.8. The van der Waals surface area contributed by atoms with E-state index < -0.39 is 0 Å². The van der Waals surface area contributed by atoms with Crippen LogP contribution in [0.3, 0.4) is 0 Å². The number of carbonyl (C=O) groups excluding carboxylic acids is 1. The number of methoxy groups -OCH3 is 1. The molecule has 0 spiro atoms. The number of amides is 1. The van der Waals surface area contributed by atoms with Crippen LogP contribution in [0, 0.1) is 0 Å². The van der Waals surface area contributed by atoms with E-state index in [1.807, 2.05) is 65.7 Å². The quantitative estimate of drug-likeness (QED) is 0.262. The van der Waals surface area contributed by atoms with Gasteiger partial charge in [0.05, 0.1) is 35.9 Å². The molecule has 200 valence electrons. The number of anilines is 3. The third-order valence-electron chi connectivity index (χ3n) is 6.19. The minimum absolute atomic E-state index is 0.342. The highest BCUT2D eigenvalue weighted by Crippen LogP contribution is 2.38. The lowest BCUT2D eigenvalue weighted by Gasteiger charge is -2.18. The van der Waals surface area contributed by atoms with Gasteiger partial charge in [-0.1, -0.05) is 6.58 Å². The Hall–Kier alpha value is -4.90. The van der Waals surface area contributed by atoms with Crippen molar-refractivity contribution >= 4 is 39.8 Å². The molecule has 11 heteroatoms. The van der Waals surface area contributed by atoms with Gasteiger partial charge in [-0.15, -0.1) is 5.10 Å². The number of benzene rings is 1. The number of rotatable bonds is 10. The third-order valence-corrected chi connectivity index (χ3v) is 6.19. The summed E-state index contributed by atoms with van der Waals surface area (Å²) >= 11 is 0. The molecule has 0 unspecified atom stereocenters. The molecule has 4 heterocycles. The van der Waals surface area contributed by atoms with Crippen molar-refractivity contribution in [1.82, 2.24) is 29.0 Å². The van der Waals surface area contributed by atoms with Crippen LogP contribution < -0.4 is 20.1 Å². The number of hydrogen-bond acceptors (Lipinski definition) is 8. The topological polar surface area (TPSA) is 111 Å². The Bertz CT molecular complexity index is 1670. The second-order valence-corrected chi connectivity index (χ2v) is 9.22. The minimum Gasteiger partial charge on any atom is -0.494 e. The molecule has 1 amide bonds. The van der Waals surface area contributed by atoms with Crippen molar-refractivity contribution in [2.45, 2.75) is 0 Å². The molecule has 0 atom stereocenters. The Morgan fingerprint density at radius 2 is 1.95 bits per heavy atom. The van der Waals surface area contributed by atoms with Crippen molar-refractivity contribution in [1.29, 1.82) is 0 Å². The number of nitrogens with zero attached hydrogens (tertiary/aromatic N) is 6. The normalized spacial score (nSPS) is 11.2. The molecular weight excluding hydrogens is 496 g/mol. The van der Waals surface area contributed by atoms with Gasteiger partial charge in [-0.05, 0) is 50.5 Å². The van der Waals surface area contributed by atoms with Crippen LogP contribution >= 0.6 is 0 Å². The van der Waals surface area contributed by atoms with Crippen LogP contribution in [0.5, 0.6) is 11.5 Å². The molecule has 5 rings (SSSR count). The Morgan fingerprint density at radius 1 is 1.10 bits per heavy atom. The molecule has 0 aliphatic heterocycles. The smallest absolute Gasteiger partial charge is 0.247 e. The van der Waals surface area contributed by atoms with Gasteiger partial charge in [-0.2, -0.15) is 0 Å². The van der Waals surface area contributed by atoms with Crippen LogP contribution in [0.15, 0.2) is 67.6 Å². The van der Waals surface area contributed by atoms with E-state index in [2.05, 4.69) is 33.2 Å². The number of carbonyl (C=O) groups is 1. The van der Waals surface area contributed by atoms with E-state index in [9.17, 15) is 4.79 Å². The SMILES string of the molecule is C=CC(=O)Nc1cc(Nc2ncc3ccc(-c4cnc5c(ccn5C)c4)n3n2)c(OC)cc1OCCN(C)C. The molecule has 11 nitrogen and oxygen atoms in total. The van der Waals surface area contributed by atoms with E-state index in [1.165, 1.54) is 6.08 Å². The first-order chi connectivity index (χ1) is 18.9. The molecule has 0 aliphatic carbocycles. The van der Waals surface area contributed by atoms with Crippen LogP contribution in [0.4, 0.5) is 17.3 Å². The van der Waals surface area contributed by atoms with Gasteiger partial charge in [0.1, 0.15) is 23.8 Å². The Balaban J connectivity index is 1.49. The van der Waals surface area contributed by atoms with Crippen LogP contribution in [0.1, 0.15) is 0 Å². The summed E-state index contributed by atoms with van der Waals surface area (Å²) in [7, 11) is 7.45. The molecule has 4 aromatic heterocycles. The predicted octanol–water partition coefficient (Wildman–Crippen LogP) is 4.10. The van der Waals surface area contributed by atoms with Gasteiger partial charge in [0.2, 0.25) is 11.9 Å². The Morgan fingerprint density at radius 3 is 2.72 bits per heavy atom. The van der Waals surface area contributed by atoms with Crippen molar-refractivity contribution in [2.24, 2.45) is 7.05 Å². The van der Waals surface area contributed by atoms with E-state index in [0.717, 1.165) is 27.8 Å². The van der Waals surface area contributed by atoms with E-state index >= 15 is 0 Å². The molecular formula is C28H30N8O3. The molecule has 39 heavy (non-hydrogen) atoms. The lowest BCUT2D eigenvalue weighted by molar-refractivity contribution is -0.111. The van der Waals surface area contributed by atoms with Crippen LogP contribution in [-0.2, 0) is 11.8 Å². The van der Waals surface area contributed by atoms with Gasteiger partial charge in [0, 0.05) is 43.0 Å². The Kier molecular flexibility index (Phi) is 7.15. The van der Waals surface area contributed by atoms with Crippen molar-refractivity contribution < 1.29 is 14.3 Å². The van der Waals surface area contributed by atoms with Gasteiger partial charge in [0.25, 0.3) is 0 Å². The summed E-state index contributed by atoms with van der Waals surface area (Å²) in [6.45, 7) is 4.68. The molecule has 0 bridgehead atoms. The molecule has 2 N–H and O–H groups in total. The molecule has 0 saturated heterocycles. The summed E-state index contributed by atoms with van der Waals surface area (Å²) < 4.78 is 15.4. The lowest BCUT2D eigenvalue weighted by Crippen LogP contribution is -2.20. The molecule has 0 saturated carbocycles. The summed E-state index contributed by atoms with van der Waals surface area (Å²) in [4.78, 5) is 23.2. The second-order valence-electron chi connectivity index (χ2n) is 9.22. The van der Waals surface area contributed by atoms with Gasteiger partial charge in [-0.25, -0.2) is 14.5 Å². The number of fused-ring (bicyclic) bond motifs is 2. The number of nitrogens with one attached hydrogen (secondary N) is 2. The zero-order valence-electron chi connectivity index (χ0n) is 22.3. The van der Waals surface area contributed by atoms with Crippen molar-refractivity contribution in [3.05, 3.63) is 67.6 Å². The number of likely N-dealkylation sites (N-methyl/N-ethyl adjacent to an activating group) is 1. The first kappa shape index (κ1) is 25.7. The number of hydrogen-bond donors (Lipinski definition) is 2. The Labute approximate surface area is 225 Å². The monoisotopic (exact) mass is 526 g/mol. The van der Waals surface area contributed by atoms with Gasteiger partial charge < -0.3 is 29.6 Å². The third kappa shape index (κ3) is 5.39. The number of aryl methyl sites for hydroxylation is 1. The molecule has 0 aliphatic rings. The first-order valence-corrected chi connectivity index (χ1v) is 12.3. The van der Waals surface area contributed by atoms with Gasteiger partial charge in [0.15, 0.2) is 0 Å². The summed E-state index contributed by atoms with van der Waals surface area (Å²) in [6, 6.07) is 11.5. The maximum absolute atomic E-state index is 12.1. The van der Waals surface area contributed by atoms with E-state index in [4.69, 9.17) is 14.6 Å². The fourth-order valence-corrected chi connectivity index (χ4v) is 4.16. The maximum atomic E-state index is 12.1. The molecule has 0 fully saturated rings. The van der Waals surface area contributed by atoms with Crippen LogP contribution in [-0.4, -0.2) is 69.3 Å². The standard InChI is InChI=1S/C28H30N8O3/c1-6-26(37)31-22-14-21(24(38-5)15-25(22)39-12-11-34(2)3)32-28-30-17-20-7-8-23(36(20)33-28)19-13-18-9-10-35(4)27(18)29-16-19/h6-10,13-17H,1,11-12H2,2-5H3,(H,31,37)(H,32,33). The fourth-order valence-electron chi connectivity index (χ4n) is 4.16. The summed E-state index contributed by atoms with van der Waals surface area (Å²) in [5.74, 6) is 0.959. The fraction of sp³-hybridized carbons (Fsp3) is 0.214. The second kappa shape index (κ2) is 10.8. The minimum atomic E-state index is -0.359. The number of aromatic nitrogens is 5. The highest BCUT2D eigenvalue weighted by molar-refractivity contribution is 6.00. The lowest BCUT2D eigenvalue weighted by atomic mass is 10.2. The van der Waals surface area contributed by atoms with E-state index in [1.54, 1.807) is 25.4 Å². The molecule has 5 aromatic rings.